The van der Waals surface area contributed by atoms with Gasteiger partial charge in [0.15, 0.2) is 0 Å². The molecular weight excluding hydrogens is 479 g/mol. The van der Waals surface area contributed by atoms with Crippen molar-refractivity contribution >= 4 is 62.8 Å². The molecular formula is C17H9BrCl3F3O2. The van der Waals surface area contributed by atoms with Crippen molar-refractivity contribution in [3.05, 3.63) is 72.6 Å². The lowest BCUT2D eigenvalue weighted by Crippen LogP contribution is -2.19. The quantitative estimate of drug-likeness (QED) is 0.454. The SMILES string of the molecule is O=C(O)c1ccc(/C=C\[C@@H](c2cc(Cl)c(Cl)c(Cl)c2)C(F)(F)F)cc1Br. The Bertz CT molecular complexity index is 859. The fourth-order valence-corrected chi connectivity index (χ4v) is 3.36. The van der Waals surface area contributed by atoms with Crippen LogP contribution in [-0.2, 0) is 0 Å². The van der Waals surface area contributed by atoms with Crippen LogP contribution in [0.4, 0.5) is 13.2 Å². The van der Waals surface area contributed by atoms with Gasteiger partial charge in [0.05, 0.1) is 26.5 Å². The van der Waals surface area contributed by atoms with E-state index in [9.17, 15) is 18.0 Å². The summed E-state index contributed by atoms with van der Waals surface area (Å²) < 4.78 is 40.7. The third-order valence-electron chi connectivity index (χ3n) is 3.42. The van der Waals surface area contributed by atoms with Crippen molar-refractivity contribution in [2.75, 3.05) is 0 Å². The summed E-state index contributed by atoms with van der Waals surface area (Å²) in [4.78, 5) is 11.0. The summed E-state index contributed by atoms with van der Waals surface area (Å²) in [5.41, 5.74) is 0.238. The summed E-state index contributed by atoms with van der Waals surface area (Å²) in [6, 6.07) is 6.34. The molecule has 0 aliphatic rings. The smallest absolute Gasteiger partial charge is 0.399 e. The number of aromatic carboxylic acids is 1. The normalized spacial score (nSPS) is 13.2. The molecule has 0 unspecified atom stereocenters. The summed E-state index contributed by atoms with van der Waals surface area (Å²) in [5.74, 6) is -3.11. The van der Waals surface area contributed by atoms with E-state index in [1.807, 2.05) is 0 Å². The molecule has 0 spiro atoms. The minimum atomic E-state index is -4.59. The van der Waals surface area contributed by atoms with Gasteiger partial charge >= 0.3 is 12.1 Å². The van der Waals surface area contributed by atoms with E-state index in [0.29, 0.717) is 5.56 Å². The van der Waals surface area contributed by atoms with Gasteiger partial charge < -0.3 is 5.11 Å². The van der Waals surface area contributed by atoms with Crippen molar-refractivity contribution in [3.63, 3.8) is 0 Å². The molecule has 0 saturated heterocycles. The van der Waals surface area contributed by atoms with Gasteiger partial charge in [0.25, 0.3) is 0 Å². The highest BCUT2D eigenvalue weighted by Crippen LogP contribution is 2.41. The van der Waals surface area contributed by atoms with Crippen LogP contribution < -0.4 is 0 Å². The summed E-state index contributed by atoms with van der Waals surface area (Å²) in [6.45, 7) is 0. The van der Waals surface area contributed by atoms with Gasteiger partial charge in [0, 0.05) is 4.47 Å². The van der Waals surface area contributed by atoms with Gasteiger partial charge in [-0.25, -0.2) is 4.79 Å². The number of hydrogen-bond acceptors (Lipinski definition) is 1. The molecule has 2 aromatic rings. The van der Waals surface area contributed by atoms with E-state index in [1.165, 1.54) is 24.3 Å². The Morgan fingerprint density at radius 1 is 1.12 bits per heavy atom. The van der Waals surface area contributed by atoms with Crippen LogP contribution in [0.2, 0.25) is 15.1 Å². The number of alkyl halides is 3. The maximum atomic E-state index is 13.5. The van der Waals surface area contributed by atoms with Crippen molar-refractivity contribution in [1.82, 2.24) is 0 Å². The van der Waals surface area contributed by atoms with Crippen molar-refractivity contribution in [2.24, 2.45) is 0 Å². The van der Waals surface area contributed by atoms with Crippen molar-refractivity contribution in [3.8, 4) is 0 Å². The Labute approximate surface area is 170 Å². The third kappa shape index (κ3) is 4.94. The average Bonchev–Trinajstić information content (AvgIpc) is 2.51. The molecule has 0 fully saturated rings. The molecule has 1 N–H and O–H groups in total. The molecule has 138 valence electrons. The second-order valence-corrected chi connectivity index (χ2v) is 7.27. The lowest BCUT2D eigenvalue weighted by Gasteiger charge is -2.18. The van der Waals surface area contributed by atoms with E-state index in [-0.39, 0.29) is 30.7 Å². The van der Waals surface area contributed by atoms with Crippen molar-refractivity contribution in [1.29, 1.82) is 0 Å². The van der Waals surface area contributed by atoms with E-state index in [1.54, 1.807) is 0 Å². The zero-order valence-electron chi connectivity index (χ0n) is 12.6. The largest absolute Gasteiger partial charge is 0.478 e. The lowest BCUT2D eigenvalue weighted by molar-refractivity contribution is -0.139. The van der Waals surface area contributed by atoms with Gasteiger partial charge in [-0.05, 0) is 51.3 Å². The fraction of sp³-hybridized carbons (Fsp3) is 0.118. The molecule has 0 saturated carbocycles. The maximum Gasteiger partial charge on any atom is 0.399 e. The van der Waals surface area contributed by atoms with Crippen LogP contribution in [0.25, 0.3) is 6.08 Å². The predicted molar refractivity (Wildman–Crippen MR) is 100 cm³/mol. The van der Waals surface area contributed by atoms with E-state index in [4.69, 9.17) is 39.9 Å². The molecule has 2 aromatic carbocycles. The number of rotatable bonds is 4. The number of carboxylic acid groups (broad SMARTS) is 1. The van der Waals surface area contributed by atoms with Crippen LogP contribution in [0.1, 0.15) is 27.4 Å². The molecule has 0 aliphatic carbocycles. The second kappa shape index (κ2) is 8.21. The summed E-state index contributed by atoms with van der Waals surface area (Å²) in [6.07, 6.45) is -2.40. The standard InChI is InChI=1S/C17H9BrCl3F3O2/c18-12-5-8(1-3-10(12)16(25)26)2-4-11(17(22,23)24)9-6-13(19)15(21)14(20)7-9/h1-7,11H,(H,25,26)/b4-2-/t11-/m0/s1. The van der Waals surface area contributed by atoms with Crippen LogP contribution in [0, 0.1) is 0 Å². The molecule has 2 nitrogen and oxygen atoms in total. The lowest BCUT2D eigenvalue weighted by atomic mass is 9.97. The first-order chi connectivity index (χ1) is 12.0. The first kappa shape index (κ1) is 21.1. The van der Waals surface area contributed by atoms with Gasteiger partial charge in [0.2, 0.25) is 0 Å². The average molecular weight is 489 g/mol. The number of carboxylic acids is 1. The molecule has 0 radical (unpaired) electrons. The Kier molecular flexibility index (Phi) is 6.66. The molecule has 0 aliphatic heterocycles. The maximum absolute atomic E-state index is 13.5. The molecule has 0 aromatic heterocycles. The summed E-state index contributed by atoms with van der Waals surface area (Å²) >= 11 is 20.5. The van der Waals surface area contributed by atoms with E-state index in [2.05, 4.69) is 15.9 Å². The van der Waals surface area contributed by atoms with Gasteiger partial charge in [0.1, 0.15) is 0 Å². The zero-order chi connectivity index (χ0) is 19.6. The molecule has 0 bridgehead atoms. The molecule has 1 atom stereocenters. The second-order valence-electron chi connectivity index (χ2n) is 5.22. The van der Waals surface area contributed by atoms with E-state index >= 15 is 0 Å². The highest BCUT2D eigenvalue weighted by atomic mass is 79.9. The zero-order valence-corrected chi connectivity index (χ0v) is 16.5. The van der Waals surface area contributed by atoms with Gasteiger partial charge in [-0.15, -0.1) is 0 Å². The third-order valence-corrected chi connectivity index (χ3v) is 5.28. The predicted octanol–water partition coefficient (Wildman–Crippen LogP) is 7.47. The first-order valence-electron chi connectivity index (χ1n) is 6.93. The van der Waals surface area contributed by atoms with E-state index < -0.39 is 18.1 Å². The molecule has 0 heterocycles. The number of halogens is 7. The fourth-order valence-electron chi connectivity index (χ4n) is 2.18. The Balaban J connectivity index is 2.42. The van der Waals surface area contributed by atoms with Crippen LogP contribution >= 0.6 is 50.7 Å². The topological polar surface area (TPSA) is 37.3 Å². The molecule has 9 heteroatoms. The van der Waals surface area contributed by atoms with Crippen molar-refractivity contribution < 1.29 is 23.1 Å². The summed E-state index contributed by atoms with van der Waals surface area (Å²) in [7, 11) is 0. The minimum absolute atomic E-state index is 0.00536. The van der Waals surface area contributed by atoms with Crippen LogP contribution in [-0.4, -0.2) is 17.3 Å². The Morgan fingerprint density at radius 2 is 1.69 bits per heavy atom. The minimum Gasteiger partial charge on any atom is -0.478 e. The Morgan fingerprint density at radius 3 is 2.15 bits per heavy atom. The van der Waals surface area contributed by atoms with Gasteiger partial charge in [-0.3, -0.25) is 0 Å². The number of hydrogen-bond donors (Lipinski definition) is 1. The van der Waals surface area contributed by atoms with Gasteiger partial charge in [-0.2, -0.15) is 13.2 Å². The number of allylic oxidation sites excluding steroid dienone is 1. The Hall–Kier alpha value is -1.21. The van der Waals surface area contributed by atoms with E-state index in [0.717, 1.165) is 18.2 Å². The highest BCUT2D eigenvalue weighted by Gasteiger charge is 2.39. The molecule has 0 amide bonds. The monoisotopic (exact) mass is 486 g/mol. The summed E-state index contributed by atoms with van der Waals surface area (Å²) in [5, 5.41) is 8.80. The molecule has 2 rings (SSSR count). The highest BCUT2D eigenvalue weighted by molar-refractivity contribution is 9.10. The number of carbonyl (C=O) groups is 1. The van der Waals surface area contributed by atoms with Crippen LogP contribution in [0.3, 0.4) is 0 Å². The van der Waals surface area contributed by atoms with Crippen LogP contribution in [0.5, 0.6) is 0 Å². The van der Waals surface area contributed by atoms with Crippen molar-refractivity contribution in [2.45, 2.75) is 12.1 Å². The number of benzene rings is 2. The van der Waals surface area contributed by atoms with Gasteiger partial charge in [-0.1, -0.05) is 53.0 Å². The molecule has 26 heavy (non-hydrogen) atoms. The first-order valence-corrected chi connectivity index (χ1v) is 8.85. The van der Waals surface area contributed by atoms with Crippen LogP contribution in [0.15, 0.2) is 40.9 Å².